The number of likely N-dealkylation sites (tertiary alicyclic amines) is 2. The number of hydrogen-bond acceptors (Lipinski definition) is 9. The number of H-pyrrole nitrogens is 2. The maximum atomic E-state index is 16.4. The van der Waals surface area contributed by atoms with Gasteiger partial charge in [-0.25, -0.2) is 23.9 Å². The number of carboxylic acid groups (broad SMARTS) is 1. The number of carbonyl (C=O) groups is 4. The van der Waals surface area contributed by atoms with E-state index in [0.29, 0.717) is 42.8 Å². The fourth-order valence-electron chi connectivity index (χ4n) is 11.0. The Morgan fingerprint density at radius 2 is 1.25 bits per heavy atom. The SMILES string of the molecule is COC(=O)N[C@H](C(=O)N1CCC[C@H]1c1nc2ccc(C3CC[C@H](c4ccc5nc([C@@H]6CCCN6C(=O)[C@@H](NC(=O)O)C(C)C)[nH]c5c4)N3c3ccc(N4CCC(C)C4)c(F)c3)cc2[nH]1)C(C)C. The molecule has 2 unspecified atom stereocenters. The number of fused-ring (bicyclic) bond motifs is 2. The number of ether oxygens (including phenoxy) is 1. The molecule has 4 amide bonds. The zero-order valence-electron chi connectivity index (χ0n) is 39.2. The third-order valence-electron chi connectivity index (χ3n) is 14.5. The molecule has 0 radical (unpaired) electrons. The van der Waals surface area contributed by atoms with Crippen molar-refractivity contribution in [2.75, 3.05) is 43.1 Å². The monoisotopic (exact) mass is 918 g/mol. The lowest BCUT2D eigenvalue weighted by molar-refractivity contribution is -0.136. The van der Waals surface area contributed by atoms with Crippen LogP contribution in [0.4, 0.5) is 25.4 Å². The normalized spacial score (nSPS) is 23.0. The van der Waals surface area contributed by atoms with E-state index in [2.05, 4.69) is 61.6 Å². The van der Waals surface area contributed by atoms with Crippen molar-refractivity contribution in [1.29, 1.82) is 0 Å². The van der Waals surface area contributed by atoms with Crippen molar-refractivity contribution in [1.82, 2.24) is 40.4 Å². The number of aromatic amines is 2. The number of nitrogens with zero attached hydrogens (tertiary/aromatic N) is 6. The number of nitrogens with one attached hydrogen (secondary N) is 4. The van der Waals surface area contributed by atoms with Gasteiger partial charge in [0.1, 0.15) is 29.5 Å². The zero-order valence-corrected chi connectivity index (χ0v) is 39.2. The van der Waals surface area contributed by atoms with E-state index >= 15 is 4.39 Å². The van der Waals surface area contributed by atoms with Crippen LogP contribution in [0.25, 0.3) is 22.1 Å². The molecule has 3 aromatic carbocycles. The van der Waals surface area contributed by atoms with Gasteiger partial charge in [0.15, 0.2) is 0 Å². The quantitative estimate of drug-likeness (QED) is 0.0811. The fourth-order valence-corrected chi connectivity index (χ4v) is 11.0. The molecule has 0 saturated carbocycles. The molecule has 16 nitrogen and oxygen atoms in total. The summed E-state index contributed by atoms with van der Waals surface area (Å²) in [6, 6.07) is 15.7. The molecule has 7 atom stereocenters. The summed E-state index contributed by atoms with van der Waals surface area (Å²) >= 11 is 0. The summed E-state index contributed by atoms with van der Waals surface area (Å²) in [5.41, 5.74) is 6.73. The van der Waals surface area contributed by atoms with E-state index in [4.69, 9.17) is 14.7 Å². The molecule has 4 fully saturated rings. The Balaban J connectivity index is 1.03. The number of benzene rings is 3. The highest BCUT2D eigenvalue weighted by Gasteiger charge is 2.41. The third kappa shape index (κ3) is 8.96. The Hall–Kier alpha value is -6.39. The first-order chi connectivity index (χ1) is 32.2. The van der Waals surface area contributed by atoms with Gasteiger partial charge in [-0.05, 0) is 116 Å². The molecule has 4 aliphatic rings. The van der Waals surface area contributed by atoms with Crippen LogP contribution in [0, 0.1) is 23.6 Å². The zero-order chi connectivity index (χ0) is 47.3. The number of aromatic nitrogens is 4. The highest BCUT2D eigenvalue weighted by Crippen LogP contribution is 2.49. The van der Waals surface area contributed by atoms with Crippen molar-refractivity contribution in [2.45, 2.75) is 116 Å². The molecule has 0 aliphatic carbocycles. The van der Waals surface area contributed by atoms with Crippen LogP contribution in [0.2, 0.25) is 0 Å². The second kappa shape index (κ2) is 18.7. The molecular weight excluding hydrogens is 856 g/mol. The summed E-state index contributed by atoms with van der Waals surface area (Å²) in [6.07, 6.45) is 3.78. The average molecular weight is 919 g/mol. The predicted molar refractivity (Wildman–Crippen MR) is 253 cm³/mol. The molecule has 5 N–H and O–H groups in total. The second-order valence-electron chi connectivity index (χ2n) is 19.7. The van der Waals surface area contributed by atoms with E-state index in [1.54, 1.807) is 11.0 Å². The van der Waals surface area contributed by atoms with Crippen LogP contribution < -0.4 is 20.4 Å². The van der Waals surface area contributed by atoms with Crippen molar-refractivity contribution in [2.24, 2.45) is 17.8 Å². The number of carbonyl (C=O) groups excluding carboxylic acids is 3. The molecule has 4 aliphatic heterocycles. The number of alkyl carbamates (subject to hydrolysis) is 1. The first-order valence-electron chi connectivity index (χ1n) is 24.0. The van der Waals surface area contributed by atoms with Crippen LogP contribution in [-0.4, -0.2) is 104 Å². The van der Waals surface area contributed by atoms with Crippen molar-refractivity contribution >= 4 is 57.4 Å². The lowest BCUT2D eigenvalue weighted by Gasteiger charge is -2.34. The summed E-state index contributed by atoms with van der Waals surface area (Å²) in [6.45, 7) is 12.4. The molecule has 67 heavy (non-hydrogen) atoms. The van der Waals surface area contributed by atoms with E-state index in [1.807, 2.05) is 56.9 Å². The Kier molecular flexibility index (Phi) is 12.8. The van der Waals surface area contributed by atoms with Crippen molar-refractivity contribution in [3.63, 3.8) is 0 Å². The summed E-state index contributed by atoms with van der Waals surface area (Å²) in [7, 11) is 1.29. The lowest BCUT2D eigenvalue weighted by atomic mass is 10.0. The highest BCUT2D eigenvalue weighted by atomic mass is 19.1. The van der Waals surface area contributed by atoms with Gasteiger partial charge in [-0.2, -0.15) is 0 Å². The van der Waals surface area contributed by atoms with Gasteiger partial charge in [-0.1, -0.05) is 46.8 Å². The molecule has 6 heterocycles. The Labute approximate surface area is 390 Å². The molecule has 4 saturated heterocycles. The maximum Gasteiger partial charge on any atom is 0.407 e. The van der Waals surface area contributed by atoms with Crippen LogP contribution in [0.5, 0.6) is 0 Å². The highest BCUT2D eigenvalue weighted by molar-refractivity contribution is 5.87. The number of amides is 4. The number of hydrogen-bond donors (Lipinski definition) is 5. The largest absolute Gasteiger partial charge is 0.465 e. The summed E-state index contributed by atoms with van der Waals surface area (Å²) in [5, 5.41) is 14.6. The molecule has 2 aromatic heterocycles. The van der Waals surface area contributed by atoms with Gasteiger partial charge in [0.2, 0.25) is 11.8 Å². The number of anilines is 2. The molecule has 9 rings (SSSR count). The lowest BCUT2D eigenvalue weighted by Crippen LogP contribution is -2.51. The second-order valence-corrected chi connectivity index (χ2v) is 19.7. The van der Waals surface area contributed by atoms with E-state index in [-0.39, 0.29) is 53.6 Å². The van der Waals surface area contributed by atoms with Gasteiger partial charge < -0.3 is 50.0 Å². The Morgan fingerprint density at radius 1 is 0.716 bits per heavy atom. The van der Waals surface area contributed by atoms with E-state index in [9.17, 15) is 24.3 Å². The first-order valence-corrected chi connectivity index (χ1v) is 24.0. The number of methoxy groups -OCH3 is 1. The standard InChI is InChI=1S/C50H63FN10O6/c1-27(2)43(56-49(64)65)47(62)59-20-7-9-41(59)45-52-34-14-11-30(23-36(34)54-45)38-17-18-39(61(38)32-13-16-40(33(51)25-32)58-22-19-29(5)26-58)31-12-15-35-37(24-31)55-46(53-35)42-10-8-21-60(42)48(63)44(28(3)4)57-50(66)67-6/h11-16,23-25,27-29,38-39,41-44,56H,7-10,17-22,26H2,1-6H3,(H,52,54)(H,53,55)(H,57,66)(H,64,65)/t29?,38-,39?,41+,42+,43+,44+/m1/s1. The summed E-state index contributed by atoms with van der Waals surface area (Å²) < 4.78 is 21.2. The summed E-state index contributed by atoms with van der Waals surface area (Å²) in [4.78, 5) is 76.5. The fraction of sp³-hybridized carbons (Fsp3) is 0.520. The van der Waals surface area contributed by atoms with Gasteiger partial charge >= 0.3 is 12.2 Å². The van der Waals surface area contributed by atoms with Gasteiger partial charge in [0, 0.05) is 31.9 Å². The van der Waals surface area contributed by atoms with Crippen molar-refractivity contribution in [3.05, 3.63) is 83.2 Å². The van der Waals surface area contributed by atoms with Crippen molar-refractivity contribution < 1.29 is 33.4 Å². The minimum atomic E-state index is -1.23. The Bertz CT molecular complexity index is 2670. The van der Waals surface area contributed by atoms with Gasteiger partial charge in [-0.3, -0.25) is 9.59 Å². The number of rotatable bonds is 12. The van der Waals surface area contributed by atoms with Crippen molar-refractivity contribution in [3.8, 4) is 0 Å². The Morgan fingerprint density at radius 3 is 1.72 bits per heavy atom. The van der Waals surface area contributed by atoms with Crippen LogP contribution in [0.3, 0.4) is 0 Å². The number of halogens is 1. The minimum Gasteiger partial charge on any atom is -0.465 e. The molecular formula is C50H63FN10O6. The molecule has 356 valence electrons. The van der Waals surface area contributed by atoms with E-state index in [1.165, 1.54) is 7.11 Å². The molecule has 5 aromatic rings. The van der Waals surface area contributed by atoms with Crippen LogP contribution in [-0.2, 0) is 14.3 Å². The summed E-state index contributed by atoms with van der Waals surface area (Å²) in [5.74, 6) is 0.827. The van der Waals surface area contributed by atoms with Gasteiger partial charge in [-0.15, -0.1) is 0 Å². The van der Waals surface area contributed by atoms with Gasteiger partial charge in [0.05, 0.1) is 59.0 Å². The average Bonchev–Trinajstić information content (AvgIpc) is 4.17. The van der Waals surface area contributed by atoms with E-state index < -0.39 is 24.3 Å². The minimum absolute atomic E-state index is 0.113. The smallest absolute Gasteiger partial charge is 0.407 e. The van der Waals surface area contributed by atoms with Crippen LogP contribution in [0.1, 0.15) is 127 Å². The van der Waals surface area contributed by atoms with Gasteiger partial charge in [0.25, 0.3) is 0 Å². The molecule has 0 spiro atoms. The maximum absolute atomic E-state index is 16.4. The van der Waals surface area contributed by atoms with E-state index in [0.717, 1.165) is 90.5 Å². The topological polar surface area (TPSA) is 192 Å². The number of imidazole rings is 2. The van der Waals surface area contributed by atoms with Crippen LogP contribution >= 0.6 is 0 Å². The first kappa shape index (κ1) is 45.8. The molecule has 17 heteroatoms. The predicted octanol–water partition coefficient (Wildman–Crippen LogP) is 8.51. The molecule has 0 bridgehead atoms. The third-order valence-corrected chi connectivity index (χ3v) is 14.5. The van der Waals surface area contributed by atoms with Crippen LogP contribution in [0.15, 0.2) is 54.6 Å².